The molecule has 0 amide bonds. The monoisotopic (exact) mass is 277 g/mol. The lowest BCUT2D eigenvalue weighted by molar-refractivity contribution is -0.384. The molecule has 1 saturated heterocycles. The van der Waals surface area contributed by atoms with E-state index < -0.39 is 0 Å². The fraction of sp³-hybridized carbons (Fsp3) is 0.600. The van der Waals surface area contributed by atoms with Crippen LogP contribution in [-0.4, -0.2) is 36.0 Å². The zero-order chi connectivity index (χ0) is 14.5. The number of piperidine rings is 1. The highest BCUT2D eigenvalue weighted by molar-refractivity contribution is 5.56. The zero-order valence-corrected chi connectivity index (χ0v) is 12.3. The van der Waals surface area contributed by atoms with Crippen molar-refractivity contribution in [2.24, 2.45) is 5.92 Å². The third-order valence-corrected chi connectivity index (χ3v) is 4.17. The lowest BCUT2D eigenvalue weighted by atomic mass is 9.96. The van der Waals surface area contributed by atoms with Crippen LogP contribution in [0.3, 0.4) is 0 Å². The van der Waals surface area contributed by atoms with Gasteiger partial charge < -0.3 is 10.2 Å². The molecule has 0 aliphatic carbocycles. The SMILES string of the molecule is CCN1CCC(CNc2cc([N+](=O)[O-])ccc2C)CC1. The minimum Gasteiger partial charge on any atom is -0.384 e. The first-order valence-electron chi connectivity index (χ1n) is 7.31. The Labute approximate surface area is 120 Å². The maximum absolute atomic E-state index is 10.8. The number of likely N-dealkylation sites (tertiary alicyclic amines) is 1. The molecular formula is C15H23N3O2. The van der Waals surface area contributed by atoms with Gasteiger partial charge in [0.15, 0.2) is 0 Å². The van der Waals surface area contributed by atoms with E-state index in [2.05, 4.69) is 17.1 Å². The molecule has 0 unspecified atom stereocenters. The number of aryl methyl sites for hydroxylation is 1. The number of nitrogens with zero attached hydrogens (tertiary/aromatic N) is 2. The second kappa shape index (κ2) is 6.70. The molecule has 5 nitrogen and oxygen atoms in total. The summed E-state index contributed by atoms with van der Waals surface area (Å²) in [4.78, 5) is 12.9. The molecule has 20 heavy (non-hydrogen) atoms. The normalized spacial score (nSPS) is 17.1. The van der Waals surface area contributed by atoms with Gasteiger partial charge in [-0.05, 0) is 50.9 Å². The van der Waals surface area contributed by atoms with E-state index >= 15 is 0 Å². The molecule has 0 spiro atoms. The van der Waals surface area contributed by atoms with E-state index in [0.717, 1.165) is 37.4 Å². The largest absolute Gasteiger partial charge is 0.384 e. The van der Waals surface area contributed by atoms with Crippen LogP contribution in [0.25, 0.3) is 0 Å². The number of nitro groups is 1. The van der Waals surface area contributed by atoms with Crippen LogP contribution >= 0.6 is 0 Å². The Morgan fingerprint density at radius 3 is 2.70 bits per heavy atom. The Hall–Kier alpha value is -1.62. The number of nitro benzene ring substituents is 1. The van der Waals surface area contributed by atoms with Crippen LogP contribution in [0.15, 0.2) is 18.2 Å². The molecule has 1 fully saturated rings. The maximum atomic E-state index is 10.8. The van der Waals surface area contributed by atoms with E-state index in [1.54, 1.807) is 18.2 Å². The lowest BCUT2D eigenvalue weighted by Gasteiger charge is -2.31. The summed E-state index contributed by atoms with van der Waals surface area (Å²) < 4.78 is 0. The summed E-state index contributed by atoms with van der Waals surface area (Å²) in [5.74, 6) is 0.663. The Morgan fingerprint density at radius 2 is 2.10 bits per heavy atom. The standard InChI is InChI=1S/C15H23N3O2/c1-3-17-8-6-13(7-9-17)11-16-15-10-14(18(19)20)5-4-12(15)2/h4-5,10,13,16H,3,6-9,11H2,1-2H3. The maximum Gasteiger partial charge on any atom is 0.271 e. The first-order valence-corrected chi connectivity index (χ1v) is 7.31. The smallest absolute Gasteiger partial charge is 0.271 e. The lowest BCUT2D eigenvalue weighted by Crippen LogP contribution is -2.35. The summed E-state index contributed by atoms with van der Waals surface area (Å²) in [5.41, 5.74) is 2.10. The van der Waals surface area contributed by atoms with Crippen molar-refractivity contribution in [3.8, 4) is 0 Å². The second-order valence-electron chi connectivity index (χ2n) is 5.51. The van der Waals surface area contributed by atoms with Crippen molar-refractivity contribution in [1.82, 2.24) is 4.90 Å². The molecule has 1 aromatic carbocycles. The minimum atomic E-state index is -0.343. The first kappa shape index (κ1) is 14.8. The topological polar surface area (TPSA) is 58.4 Å². The molecule has 5 heteroatoms. The van der Waals surface area contributed by atoms with Crippen LogP contribution in [0, 0.1) is 23.0 Å². The van der Waals surface area contributed by atoms with Gasteiger partial charge in [0.05, 0.1) is 4.92 Å². The summed E-state index contributed by atoms with van der Waals surface area (Å²) >= 11 is 0. The Balaban J connectivity index is 1.91. The van der Waals surface area contributed by atoms with Gasteiger partial charge in [-0.25, -0.2) is 0 Å². The van der Waals surface area contributed by atoms with E-state index in [4.69, 9.17) is 0 Å². The molecule has 0 aromatic heterocycles. The molecule has 1 aromatic rings. The number of rotatable bonds is 5. The summed E-state index contributed by atoms with van der Waals surface area (Å²) in [7, 11) is 0. The van der Waals surface area contributed by atoms with E-state index in [1.165, 1.54) is 12.8 Å². The van der Waals surface area contributed by atoms with Crippen LogP contribution in [-0.2, 0) is 0 Å². The molecular weight excluding hydrogens is 254 g/mol. The van der Waals surface area contributed by atoms with Crippen molar-refractivity contribution >= 4 is 11.4 Å². The van der Waals surface area contributed by atoms with Gasteiger partial charge in [0.2, 0.25) is 0 Å². The van der Waals surface area contributed by atoms with Crippen molar-refractivity contribution in [2.75, 3.05) is 31.5 Å². The fourth-order valence-corrected chi connectivity index (χ4v) is 2.68. The molecule has 2 rings (SSSR count). The number of anilines is 1. The van der Waals surface area contributed by atoms with Gasteiger partial charge in [-0.15, -0.1) is 0 Å². The third kappa shape index (κ3) is 3.70. The van der Waals surface area contributed by atoms with Crippen molar-refractivity contribution in [3.63, 3.8) is 0 Å². The number of nitrogens with one attached hydrogen (secondary N) is 1. The molecule has 1 heterocycles. The average molecular weight is 277 g/mol. The molecule has 0 atom stereocenters. The molecule has 1 N–H and O–H groups in total. The number of benzene rings is 1. The highest BCUT2D eigenvalue weighted by Crippen LogP contribution is 2.23. The van der Waals surface area contributed by atoms with Crippen LogP contribution in [0.2, 0.25) is 0 Å². The first-order chi connectivity index (χ1) is 9.60. The molecule has 110 valence electrons. The second-order valence-corrected chi connectivity index (χ2v) is 5.51. The van der Waals surface area contributed by atoms with Gasteiger partial charge in [-0.1, -0.05) is 13.0 Å². The van der Waals surface area contributed by atoms with Gasteiger partial charge in [0, 0.05) is 24.4 Å². The fourth-order valence-electron chi connectivity index (χ4n) is 2.68. The molecule has 1 aliphatic rings. The van der Waals surface area contributed by atoms with Crippen molar-refractivity contribution in [1.29, 1.82) is 0 Å². The number of hydrogen-bond acceptors (Lipinski definition) is 4. The van der Waals surface area contributed by atoms with Crippen LogP contribution in [0.1, 0.15) is 25.3 Å². The number of non-ortho nitro benzene ring substituents is 1. The van der Waals surface area contributed by atoms with Crippen LogP contribution < -0.4 is 5.32 Å². The van der Waals surface area contributed by atoms with Crippen LogP contribution in [0.5, 0.6) is 0 Å². The van der Waals surface area contributed by atoms with E-state index in [1.807, 2.05) is 6.92 Å². The minimum absolute atomic E-state index is 0.152. The van der Waals surface area contributed by atoms with Gasteiger partial charge in [0.25, 0.3) is 5.69 Å². The zero-order valence-electron chi connectivity index (χ0n) is 12.3. The van der Waals surface area contributed by atoms with Gasteiger partial charge in [-0.2, -0.15) is 0 Å². The van der Waals surface area contributed by atoms with Gasteiger partial charge in [0.1, 0.15) is 0 Å². The van der Waals surface area contributed by atoms with Gasteiger partial charge >= 0.3 is 0 Å². The van der Waals surface area contributed by atoms with Gasteiger partial charge in [-0.3, -0.25) is 10.1 Å². The summed E-state index contributed by atoms with van der Waals surface area (Å²) in [6.07, 6.45) is 2.41. The van der Waals surface area contributed by atoms with E-state index in [9.17, 15) is 10.1 Å². The number of hydrogen-bond donors (Lipinski definition) is 1. The highest BCUT2D eigenvalue weighted by atomic mass is 16.6. The quantitative estimate of drug-likeness (QED) is 0.664. The molecule has 0 radical (unpaired) electrons. The molecule has 0 saturated carbocycles. The predicted octanol–water partition coefficient (Wildman–Crippen LogP) is 3.05. The van der Waals surface area contributed by atoms with E-state index in [-0.39, 0.29) is 10.6 Å². The van der Waals surface area contributed by atoms with Crippen molar-refractivity contribution in [3.05, 3.63) is 33.9 Å². The Bertz CT molecular complexity index is 468. The van der Waals surface area contributed by atoms with Crippen molar-refractivity contribution in [2.45, 2.75) is 26.7 Å². The Kier molecular flexibility index (Phi) is 4.95. The van der Waals surface area contributed by atoms with E-state index in [0.29, 0.717) is 5.92 Å². The molecule has 1 aliphatic heterocycles. The third-order valence-electron chi connectivity index (χ3n) is 4.17. The highest BCUT2D eigenvalue weighted by Gasteiger charge is 2.18. The summed E-state index contributed by atoms with van der Waals surface area (Å²) in [6.45, 7) is 8.54. The van der Waals surface area contributed by atoms with Crippen molar-refractivity contribution < 1.29 is 4.92 Å². The predicted molar refractivity (Wildman–Crippen MR) is 81.2 cm³/mol. The molecule has 0 bridgehead atoms. The summed E-state index contributed by atoms with van der Waals surface area (Å²) in [5, 5.41) is 14.2. The summed E-state index contributed by atoms with van der Waals surface area (Å²) in [6, 6.07) is 5.00. The average Bonchev–Trinajstić information content (AvgIpc) is 2.46. The Morgan fingerprint density at radius 1 is 1.40 bits per heavy atom. The van der Waals surface area contributed by atoms with Crippen LogP contribution in [0.4, 0.5) is 11.4 Å².